The number of aryl methyl sites for hydroxylation is 1. The van der Waals surface area contributed by atoms with Gasteiger partial charge in [0.25, 0.3) is 0 Å². The molecule has 0 spiro atoms. The second-order valence-electron chi connectivity index (χ2n) is 8.05. The summed E-state index contributed by atoms with van der Waals surface area (Å²) in [5.74, 6) is 0. The Morgan fingerprint density at radius 2 is 1.85 bits per heavy atom. The van der Waals surface area contributed by atoms with Crippen molar-refractivity contribution in [3.05, 3.63) is 94.4 Å². The fourth-order valence-corrected chi connectivity index (χ4v) is 4.76. The number of benzene rings is 2. The van der Waals surface area contributed by atoms with Gasteiger partial charge in [-0.1, -0.05) is 18.2 Å². The quantitative estimate of drug-likeness (QED) is 0.403. The van der Waals surface area contributed by atoms with E-state index in [0.717, 1.165) is 50.4 Å². The van der Waals surface area contributed by atoms with Crippen molar-refractivity contribution in [3.8, 4) is 16.9 Å². The van der Waals surface area contributed by atoms with Crippen LogP contribution in [0.15, 0.2) is 71.9 Å². The Morgan fingerprint density at radius 1 is 0.970 bits per heavy atom. The smallest absolute Gasteiger partial charge is 0.291 e. The minimum absolute atomic E-state index is 0.0942. The van der Waals surface area contributed by atoms with E-state index in [0.29, 0.717) is 6.54 Å². The van der Waals surface area contributed by atoms with Crippen LogP contribution in [0.3, 0.4) is 0 Å². The molecule has 0 saturated carbocycles. The third-order valence-electron chi connectivity index (χ3n) is 5.86. The summed E-state index contributed by atoms with van der Waals surface area (Å²) in [7, 11) is 0. The lowest BCUT2D eigenvalue weighted by molar-refractivity contribution is 0.724. The maximum atomic E-state index is 13.8. The third kappa shape index (κ3) is 3.25. The fraction of sp³-hybridized carbons (Fsp3) is 0.125. The third-order valence-corrected chi connectivity index (χ3v) is 6.42. The number of pyridine rings is 1. The Hall–Kier alpha value is -4.11. The summed E-state index contributed by atoms with van der Waals surface area (Å²) in [6.07, 6.45) is 3.43. The first-order valence-electron chi connectivity index (χ1n) is 10.5. The van der Waals surface area contributed by atoms with Gasteiger partial charge in [0.05, 0.1) is 29.7 Å². The molecule has 0 aliphatic heterocycles. The van der Waals surface area contributed by atoms with Gasteiger partial charge < -0.3 is 0 Å². The highest BCUT2D eigenvalue weighted by Gasteiger charge is 2.21. The Morgan fingerprint density at radius 3 is 2.73 bits per heavy atom. The van der Waals surface area contributed by atoms with Crippen LogP contribution in [0, 0.1) is 13.8 Å². The maximum Gasteiger partial charge on any atom is 0.333 e. The largest absolute Gasteiger partial charge is 0.333 e. The number of aromatic nitrogens is 7. The van der Waals surface area contributed by atoms with Crippen molar-refractivity contribution in [2.45, 2.75) is 20.4 Å². The van der Waals surface area contributed by atoms with Crippen LogP contribution in [-0.2, 0) is 6.54 Å². The molecule has 0 radical (unpaired) electrons. The van der Waals surface area contributed by atoms with Crippen molar-refractivity contribution < 1.29 is 0 Å². The first-order valence-corrected chi connectivity index (χ1v) is 11.2. The van der Waals surface area contributed by atoms with Crippen molar-refractivity contribution >= 4 is 28.4 Å². The van der Waals surface area contributed by atoms with Gasteiger partial charge in [-0.15, -0.1) is 0 Å². The molecule has 4 heterocycles. The standard InChI is InChI=1S/C24H19N7OS/c1-15-4-3-5-19(10-15)31-23(18-7-9-22-25-14-26-30(22)13-18)16(2)29(24(31)32)12-17-6-8-20-21(11-17)28-33-27-20/h3-11,13-14H,12H2,1-2H3. The van der Waals surface area contributed by atoms with E-state index in [4.69, 9.17) is 0 Å². The SMILES string of the molecule is Cc1cccc(-n2c(-c3ccc4ncnn4c3)c(C)n(Cc3ccc4nsnc4c3)c2=O)c1. The van der Waals surface area contributed by atoms with Crippen molar-refractivity contribution in [1.82, 2.24) is 32.5 Å². The second-order valence-corrected chi connectivity index (χ2v) is 8.57. The molecule has 9 heteroatoms. The van der Waals surface area contributed by atoms with Crippen LogP contribution >= 0.6 is 11.7 Å². The van der Waals surface area contributed by atoms with E-state index in [2.05, 4.69) is 18.8 Å². The Balaban J connectivity index is 1.57. The molecule has 0 amide bonds. The molecule has 0 fully saturated rings. The van der Waals surface area contributed by atoms with Gasteiger partial charge in [-0.05, 0) is 61.4 Å². The van der Waals surface area contributed by atoms with Crippen LogP contribution in [0.4, 0.5) is 0 Å². The van der Waals surface area contributed by atoms with E-state index in [-0.39, 0.29) is 5.69 Å². The van der Waals surface area contributed by atoms with E-state index in [1.54, 1.807) is 9.08 Å². The maximum absolute atomic E-state index is 13.8. The van der Waals surface area contributed by atoms with Crippen LogP contribution in [0.25, 0.3) is 33.6 Å². The van der Waals surface area contributed by atoms with Crippen molar-refractivity contribution in [1.29, 1.82) is 0 Å². The Labute approximate surface area is 192 Å². The lowest BCUT2D eigenvalue weighted by Crippen LogP contribution is -2.24. The molecule has 0 N–H and O–H groups in total. The fourth-order valence-electron chi connectivity index (χ4n) is 4.25. The number of hydrogen-bond acceptors (Lipinski definition) is 6. The molecule has 2 aromatic carbocycles. The molecule has 33 heavy (non-hydrogen) atoms. The molecule has 0 unspecified atom stereocenters. The molecule has 0 bridgehead atoms. The summed E-state index contributed by atoms with van der Waals surface area (Å²) in [6, 6.07) is 17.8. The number of hydrogen-bond donors (Lipinski definition) is 0. The van der Waals surface area contributed by atoms with E-state index in [9.17, 15) is 4.79 Å². The van der Waals surface area contributed by atoms with Crippen molar-refractivity contribution in [2.24, 2.45) is 0 Å². The van der Waals surface area contributed by atoms with E-state index >= 15 is 0 Å². The molecule has 0 atom stereocenters. The van der Waals surface area contributed by atoms with Gasteiger partial charge in [-0.2, -0.15) is 13.8 Å². The van der Waals surface area contributed by atoms with Crippen LogP contribution in [0.5, 0.6) is 0 Å². The van der Waals surface area contributed by atoms with Gasteiger partial charge in [0.2, 0.25) is 0 Å². The zero-order valence-corrected chi connectivity index (χ0v) is 18.8. The molecule has 0 saturated heterocycles. The highest BCUT2D eigenvalue weighted by Crippen LogP contribution is 2.27. The first kappa shape index (κ1) is 19.6. The molecule has 162 valence electrons. The summed E-state index contributed by atoms with van der Waals surface area (Å²) < 4.78 is 13.9. The highest BCUT2D eigenvalue weighted by molar-refractivity contribution is 7.00. The molecule has 0 aliphatic carbocycles. The molecule has 6 aromatic rings. The Kier molecular flexibility index (Phi) is 4.44. The number of fused-ring (bicyclic) bond motifs is 2. The van der Waals surface area contributed by atoms with Gasteiger partial charge in [-0.3, -0.25) is 9.13 Å². The molecule has 6 rings (SSSR count). The summed E-state index contributed by atoms with van der Waals surface area (Å²) in [5, 5.41) is 4.27. The van der Waals surface area contributed by atoms with E-state index in [1.165, 1.54) is 18.1 Å². The van der Waals surface area contributed by atoms with Crippen molar-refractivity contribution in [2.75, 3.05) is 0 Å². The average molecular weight is 454 g/mol. The second kappa shape index (κ2) is 7.49. The summed E-state index contributed by atoms with van der Waals surface area (Å²) in [5.41, 5.74) is 7.89. The monoisotopic (exact) mass is 453 g/mol. The van der Waals surface area contributed by atoms with Crippen molar-refractivity contribution in [3.63, 3.8) is 0 Å². The van der Waals surface area contributed by atoms with E-state index < -0.39 is 0 Å². The first-order chi connectivity index (χ1) is 16.1. The highest BCUT2D eigenvalue weighted by atomic mass is 32.1. The van der Waals surface area contributed by atoms with Crippen LogP contribution < -0.4 is 5.69 Å². The average Bonchev–Trinajstić information content (AvgIpc) is 3.53. The lowest BCUT2D eigenvalue weighted by Gasteiger charge is -2.10. The van der Waals surface area contributed by atoms with Gasteiger partial charge in [-0.25, -0.2) is 14.3 Å². The molecule has 4 aromatic heterocycles. The summed E-state index contributed by atoms with van der Waals surface area (Å²) in [4.78, 5) is 18.0. The molecule has 0 aliphatic rings. The van der Waals surface area contributed by atoms with Gasteiger partial charge in [0.1, 0.15) is 17.4 Å². The van der Waals surface area contributed by atoms with Gasteiger partial charge >= 0.3 is 5.69 Å². The lowest BCUT2D eigenvalue weighted by atomic mass is 10.1. The predicted octanol–water partition coefficient (Wildman–Crippen LogP) is 4.02. The van der Waals surface area contributed by atoms with E-state index in [1.807, 2.05) is 79.2 Å². The zero-order chi connectivity index (χ0) is 22.5. The van der Waals surface area contributed by atoms with Gasteiger partial charge in [0.15, 0.2) is 5.65 Å². The Bertz CT molecular complexity index is 1710. The number of nitrogens with zero attached hydrogens (tertiary/aromatic N) is 7. The van der Waals surface area contributed by atoms with Crippen LogP contribution in [-0.4, -0.2) is 32.5 Å². The zero-order valence-electron chi connectivity index (χ0n) is 18.0. The normalized spacial score (nSPS) is 11.6. The topological polar surface area (TPSA) is 82.9 Å². The molecule has 8 nitrogen and oxygen atoms in total. The predicted molar refractivity (Wildman–Crippen MR) is 128 cm³/mol. The molecular weight excluding hydrogens is 434 g/mol. The summed E-state index contributed by atoms with van der Waals surface area (Å²) in [6.45, 7) is 4.45. The minimum atomic E-state index is -0.0942. The van der Waals surface area contributed by atoms with Gasteiger partial charge in [0, 0.05) is 17.5 Å². The number of rotatable bonds is 4. The number of imidazole rings is 1. The summed E-state index contributed by atoms with van der Waals surface area (Å²) >= 11 is 1.19. The van der Waals surface area contributed by atoms with Crippen LogP contribution in [0.1, 0.15) is 16.8 Å². The minimum Gasteiger partial charge on any atom is -0.291 e. The van der Waals surface area contributed by atoms with Crippen LogP contribution in [0.2, 0.25) is 0 Å². The molecular formula is C24H19N7OS.